The Morgan fingerprint density at radius 2 is 0.818 bits per heavy atom. The van der Waals surface area contributed by atoms with Gasteiger partial charge in [-0.15, -0.1) is 0 Å². The second-order valence-electron chi connectivity index (χ2n) is 7.67. The highest BCUT2D eigenvalue weighted by Gasteiger charge is 2.37. The average Bonchev–Trinajstić information content (AvgIpc) is 2.80. The second-order valence-corrected chi connectivity index (χ2v) is 7.67. The van der Waals surface area contributed by atoms with Gasteiger partial charge in [0.1, 0.15) is 0 Å². The van der Waals surface area contributed by atoms with E-state index in [1.165, 1.54) is 0 Å². The average molecular weight is 454 g/mol. The lowest BCUT2D eigenvalue weighted by Gasteiger charge is -2.17. The maximum atomic E-state index is 13.2. The lowest BCUT2D eigenvalue weighted by Crippen LogP contribution is -2.51. The highest BCUT2D eigenvalue weighted by Crippen LogP contribution is 2.38. The van der Waals surface area contributed by atoms with Crippen LogP contribution in [0, 0.1) is 0 Å². The molecule has 0 saturated carbocycles. The van der Waals surface area contributed by atoms with Crippen LogP contribution in [-0.2, 0) is 12.4 Å². The fourth-order valence-corrected chi connectivity index (χ4v) is 3.86. The third kappa shape index (κ3) is 5.13. The van der Waals surface area contributed by atoms with Crippen molar-refractivity contribution < 1.29 is 26.3 Å². The summed E-state index contributed by atoms with van der Waals surface area (Å²) in [6.45, 7) is -0.131. The van der Waals surface area contributed by atoms with Crippen LogP contribution in [0.25, 0.3) is 11.1 Å². The maximum Gasteiger partial charge on any atom is 0.416 e. The van der Waals surface area contributed by atoms with Crippen LogP contribution in [0.4, 0.5) is 26.3 Å². The predicted octanol–water partition coefficient (Wildman–Crippen LogP) is 5.91. The van der Waals surface area contributed by atoms with Gasteiger partial charge in [-0.25, -0.2) is 0 Å². The molecule has 0 amide bonds. The van der Waals surface area contributed by atoms with Crippen molar-refractivity contribution >= 4 is 23.1 Å². The Hall–Kier alpha value is -3.48. The Bertz CT molecular complexity index is 1140. The van der Waals surface area contributed by atoms with Gasteiger partial charge < -0.3 is 0 Å². The van der Waals surface area contributed by atoms with Crippen molar-refractivity contribution in [2.24, 2.45) is 0 Å². The predicted molar refractivity (Wildman–Crippen MR) is 119 cm³/mol. The van der Waals surface area contributed by atoms with Crippen molar-refractivity contribution in [2.45, 2.75) is 12.4 Å². The standard InChI is InChI=1S/C26H17BF6/c28-25(29,30)20-15-19(16-21(17-20)26(31,32)33)18-11-13-24(14-12-18)27(22-7-3-1-4-8-22)23-9-5-2-6-10-23/h1-17H. The Balaban J connectivity index is 1.78. The molecule has 0 aliphatic carbocycles. The Kier molecular flexibility index (Phi) is 6.06. The van der Waals surface area contributed by atoms with Crippen LogP contribution in [0.1, 0.15) is 11.1 Å². The smallest absolute Gasteiger partial charge is 0.166 e. The van der Waals surface area contributed by atoms with Gasteiger partial charge in [-0.3, -0.25) is 0 Å². The molecule has 0 N–H and O–H groups in total. The van der Waals surface area contributed by atoms with Crippen LogP contribution >= 0.6 is 0 Å². The minimum absolute atomic E-state index is 0.131. The molecule has 0 spiro atoms. The van der Waals surface area contributed by atoms with E-state index in [0.29, 0.717) is 0 Å². The summed E-state index contributed by atoms with van der Waals surface area (Å²) < 4.78 is 79.4. The zero-order chi connectivity index (χ0) is 23.6. The zero-order valence-corrected chi connectivity index (χ0v) is 17.2. The van der Waals surface area contributed by atoms with Gasteiger partial charge >= 0.3 is 12.4 Å². The van der Waals surface area contributed by atoms with Gasteiger partial charge in [-0.2, -0.15) is 26.3 Å². The highest BCUT2D eigenvalue weighted by atomic mass is 19.4. The van der Waals surface area contributed by atoms with Crippen LogP contribution < -0.4 is 16.4 Å². The second kappa shape index (κ2) is 8.81. The monoisotopic (exact) mass is 454 g/mol. The molecular formula is C26H17BF6. The quantitative estimate of drug-likeness (QED) is 0.266. The number of alkyl halides is 6. The first-order valence-corrected chi connectivity index (χ1v) is 10.1. The summed E-state index contributed by atoms with van der Waals surface area (Å²) >= 11 is 0. The molecular weight excluding hydrogens is 437 g/mol. The van der Waals surface area contributed by atoms with E-state index in [4.69, 9.17) is 0 Å². The lowest BCUT2D eigenvalue weighted by atomic mass is 9.37. The fraction of sp³-hybridized carbons (Fsp3) is 0.0769. The first-order valence-electron chi connectivity index (χ1n) is 10.1. The van der Waals surface area contributed by atoms with E-state index in [0.717, 1.165) is 28.5 Å². The first-order chi connectivity index (χ1) is 15.6. The third-order valence-corrected chi connectivity index (χ3v) is 5.43. The topological polar surface area (TPSA) is 0 Å². The third-order valence-electron chi connectivity index (χ3n) is 5.43. The Morgan fingerprint density at radius 1 is 0.424 bits per heavy atom. The summed E-state index contributed by atoms with van der Waals surface area (Å²) in [5.74, 6) is 0. The van der Waals surface area contributed by atoms with Crippen molar-refractivity contribution in [1.29, 1.82) is 0 Å². The molecule has 0 radical (unpaired) electrons. The molecule has 4 rings (SSSR count). The summed E-state index contributed by atoms with van der Waals surface area (Å²) in [5.41, 5.74) is 0.393. The molecule has 33 heavy (non-hydrogen) atoms. The molecule has 0 unspecified atom stereocenters. The summed E-state index contributed by atoms with van der Waals surface area (Å²) in [7, 11) is 0. The SMILES string of the molecule is FC(F)(F)c1cc(-c2ccc(B(c3ccccc3)c3ccccc3)cc2)cc(C(F)(F)F)c1. The molecule has 0 atom stereocenters. The molecule has 0 aliphatic heterocycles. The minimum atomic E-state index is -4.89. The molecule has 0 aliphatic rings. The Morgan fingerprint density at radius 3 is 1.21 bits per heavy atom. The van der Waals surface area contributed by atoms with Crippen LogP contribution in [0.15, 0.2) is 103 Å². The molecule has 4 aromatic rings. The lowest BCUT2D eigenvalue weighted by molar-refractivity contribution is -0.143. The van der Waals surface area contributed by atoms with Crippen LogP contribution in [0.5, 0.6) is 0 Å². The number of halogens is 6. The van der Waals surface area contributed by atoms with Crippen LogP contribution in [0.3, 0.4) is 0 Å². The molecule has 0 aromatic heterocycles. The number of hydrogen-bond donors (Lipinski definition) is 0. The Labute approximate surface area is 187 Å². The van der Waals surface area contributed by atoms with E-state index in [1.807, 2.05) is 60.7 Å². The van der Waals surface area contributed by atoms with Gasteiger partial charge in [-0.1, -0.05) is 101 Å². The summed E-state index contributed by atoms with van der Waals surface area (Å²) in [5, 5.41) is 0. The number of hydrogen-bond acceptors (Lipinski definition) is 0. The van der Waals surface area contributed by atoms with Gasteiger partial charge in [0.25, 0.3) is 0 Å². The van der Waals surface area contributed by atoms with Gasteiger partial charge in [0.05, 0.1) is 11.1 Å². The van der Waals surface area contributed by atoms with Gasteiger partial charge in [0, 0.05) is 0 Å². The first kappa shape index (κ1) is 22.7. The van der Waals surface area contributed by atoms with E-state index < -0.39 is 23.5 Å². The molecule has 0 heterocycles. The van der Waals surface area contributed by atoms with Crippen LogP contribution in [-0.4, -0.2) is 6.71 Å². The maximum absolute atomic E-state index is 13.2. The van der Waals surface area contributed by atoms with Crippen molar-refractivity contribution in [3.63, 3.8) is 0 Å². The van der Waals surface area contributed by atoms with E-state index in [2.05, 4.69) is 0 Å². The number of benzene rings is 4. The molecule has 4 aromatic carbocycles. The zero-order valence-electron chi connectivity index (χ0n) is 17.2. The largest absolute Gasteiger partial charge is 0.416 e. The minimum Gasteiger partial charge on any atom is -0.166 e. The highest BCUT2D eigenvalue weighted by molar-refractivity contribution is 6.95. The number of rotatable bonds is 4. The van der Waals surface area contributed by atoms with E-state index in [-0.39, 0.29) is 23.9 Å². The van der Waals surface area contributed by atoms with Crippen LogP contribution in [0.2, 0.25) is 0 Å². The molecule has 0 bridgehead atoms. The molecule has 0 saturated heterocycles. The van der Waals surface area contributed by atoms with Crippen molar-refractivity contribution in [1.82, 2.24) is 0 Å². The van der Waals surface area contributed by atoms with Crippen molar-refractivity contribution in [2.75, 3.05) is 0 Å². The van der Waals surface area contributed by atoms with Gasteiger partial charge in [0.2, 0.25) is 6.71 Å². The van der Waals surface area contributed by atoms with Crippen molar-refractivity contribution in [3.8, 4) is 11.1 Å². The van der Waals surface area contributed by atoms with Crippen molar-refractivity contribution in [3.05, 3.63) is 114 Å². The fourth-order valence-electron chi connectivity index (χ4n) is 3.86. The van der Waals surface area contributed by atoms with Gasteiger partial charge in [0.15, 0.2) is 0 Å². The summed E-state index contributed by atoms with van der Waals surface area (Å²) in [6.07, 6.45) is -9.77. The molecule has 166 valence electrons. The summed E-state index contributed by atoms with van der Waals surface area (Å²) in [6, 6.07) is 27.6. The summed E-state index contributed by atoms with van der Waals surface area (Å²) in [4.78, 5) is 0. The molecule has 0 nitrogen and oxygen atoms in total. The molecule has 7 heteroatoms. The van der Waals surface area contributed by atoms with E-state index in [1.54, 1.807) is 24.3 Å². The van der Waals surface area contributed by atoms with Gasteiger partial charge in [-0.05, 0) is 29.3 Å². The normalized spacial score (nSPS) is 11.9. The van der Waals surface area contributed by atoms with E-state index >= 15 is 0 Å². The van der Waals surface area contributed by atoms with E-state index in [9.17, 15) is 26.3 Å². The molecule has 0 fully saturated rings.